The van der Waals surface area contributed by atoms with Crippen molar-refractivity contribution in [3.05, 3.63) is 60.2 Å². The number of benzene rings is 2. The van der Waals surface area contributed by atoms with Gasteiger partial charge in [0.2, 0.25) is 17.7 Å². The molecule has 6 heteroatoms. The molecule has 2 aromatic carbocycles. The molecule has 0 aromatic heterocycles. The van der Waals surface area contributed by atoms with Gasteiger partial charge in [-0.2, -0.15) is 0 Å². The van der Waals surface area contributed by atoms with Crippen LogP contribution >= 0.6 is 0 Å². The van der Waals surface area contributed by atoms with Gasteiger partial charge in [-0.3, -0.25) is 14.4 Å². The lowest BCUT2D eigenvalue weighted by atomic mass is 10.0. The average Bonchev–Trinajstić information content (AvgIpc) is 3.08. The predicted octanol–water partition coefficient (Wildman–Crippen LogP) is 3.02. The summed E-state index contributed by atoms with van der Waals surface area (Å²) in [6.07, 6.45) is 1.54. The lowest BCUT2D eigenvalue weighted by Crippen LogP contribution is -2.29. The minimum atomic E-state index is -0.396. The van der Waals surface area contributed by atoms with E-state index in [2.05, 4.69) is 10.6 Å². The Morgan fingerprint density at radius 1 is 1.11 bits per heavy atom. The lowest BCUT2D eigenvalue weighted by molar-refractivity contribution is -0.120. The summed E-state index contributed by atoms with van der Waals surface area (Å²) in [5, 5.41) is 5.69. The number of nitrogens with zero attached hydrogens (tertiary/aromatic N) is 1. The van der Waals surface area contributed by atoms with Crippen LogP contribution in [0.25, 0.3) is 0 Å². The van der Waals surface area contributed by atoms with Crippen LogP contribution in [0.5, 0.6) is 0 Å². The van der Waals surface area contributed by atoms with E-state index >= 15 is 0 Å². The number of carbonyl (C=O) groups is 3. The second-order valence-corrected chi connectivity index (χ2v) is 6.62. The van der Waals surface area contributed by atoms with E-state index in [1.165, 1.54) is 6.92 Å². The Balaban J connectivity index is 1.69. The van der Waals surface area contributed by atoms with E-state index in [0.29, 0.717) is 18.7 Å². The van der Waals surface area contributed by atoms with E-state index < -0.39 is 6.04 Å². The van der Waals surface area contributed by atoms with Gasteiger partial charge in [0.1, 0.15) is 0 Å². The Morgan fingerprint density at radius 3 is 2.56 bits per heavy atom. The number of nitrogens with one attached hydrogen (secondary N) is 2. The van der Waals surface area contributed by atoms with Gasteiger partial charge >= 0.3 is 0 Å². The van der Waals surface area contributed by atoms with Crippen molar-refractivity contribution in [1.82, 2.24) is 5.32 Å². The standard InChI is InChI=1S/C21H23N3O3/c1-15(25)22-19(16-7-3-2-4-8-16)14-20(26)23-17-9-5-10-18(13-17)24-12-6-11-21(24)27/h2-5,7-10,13,19H,6,11-12,14H2,1H3,(H,22,25)(H,23,26)/t19-/m1/s1. The predicted molar refractivity (Wildman–Crippen MR) is 104 cm³/mol. The Hall–Kier alpha value is -3.15. The fourth-order valence-electron chi connectivity index (χ4n) is 3.25. The van der Waals surface area contributed by atoms with Crippen molar-refractivity contribution in [2.24, 2.45) is 0 Å². The van der Waals surface area contributed by atoms with Gasteiger partial charge in [-0.05, 0) is 30.2 Å². The van der Waals surface area contributed by atoms with Gasteiger partial charge in [-0.25, -0.2) is 0 Å². The van der Waals surface area contributed by atoms with E-state index in [0.717, 1.165) is 17.7 Å². The van der Waals surface area contributed by atoms with Crippen LogP contribution in [0.3, 0.4) is 0 Å². The molecule has 0 radical (unpaired) electrons. The van der Waals surface area contributed by atoms with Crippen LogP contribution in [0.2, 0.25) is 0 Å². The topological polar surface area (TPSA) is 78.5 Å². The highest BCUT2D eigenvalue weighted by molar-refractivity contribution is 5.97. The monoisotopic (exact) mass is 365 g/mol. The molecule has 1 atom stereocenters. The molecule has 1 aliphatic heterocycles. The van der Waals surface area contributed by atoms with E-state index in [4.69, 9.17) is 0 Å². The smallest absolute Gasteiger partial charge is 0.227 e. The molecule has 27 heavy (non-hydrogen) atoms. The first-order chi connectivity index (χ1) is 13.0. The zero-order valence-electron chi connectivity index (χ0n) is 15.3. The minimum absolute atomic E-state index is 0.105. The zero-order chi connectivity index (χ0) is 19.2. The Kier molecular flexibility index (Phi) is 5.86. The van der Waals surface area contributed by atoms with Crippen molar-refractivity contribution in [2.45, 2.75) is 32.2 Å². The summed E-state index contributed by atoms with van der Waals surface area (Å²) in [7, 11) is 0. The molecule has 0 unspecified atom stereocenters. The second kappa shape index (κ2) is 8.49. The minimum Gasteiger partial charge on any atom is -0.349 e. The molecular weight excluding hydrogens is 342 g/mol. The molecule has 3 rings (SSSR count). The van der Waals surface area contributed by atoms with Crippen molar-refractivity contribution in [2.75, 3.05) is 16.8 Å². The van der Waals surface area contributed by atoms with Crippen LogP contribution in [0, 0.1) is 0 Å². The first-order valence-electron chi connectivity index (χ1n) is 9.05. The third kappa shape index (κ3) is 4.94. The maximum atomic E-state index is 12.5. The number of carbonyl (C=O) groups excluding carboxylic acids is 3. The van der Waals surface area contributed by atoms with Crippen LogP contribution in [-0.4, -0.2) is 24.3 Å². The third-order valence-corrected chi connectivity index (χ3v) is 4.48. The van der Waals surface area contributed by atoms with Crippen molar-refractivity contribution in [3.8, 4) is 0 Å². The molecule has 2 aromatic rings. The van der Waals surface area contributed by atoms with E-state index in [9.17, 15) is 14.4 Å². The van der Waals surface area contributed by atoms with E-state index in [-0.39, 0.29) is 24.1 Å². The van der Waals surface area contributed by atoms with Crippen LogP contribution in [0.15, 0.2) is 54.6 Å². The first-order valence-corrected chi connectivity index (χ1v) is 9.05. The molecule has 0 aliphatic carbocycles. The van der Waals surface area contributed by atoms with Crippen molar-refractivity contribution in [1.29, 1.82) is 0 Å². The molecular formula is C21H23N3O3. The SMILES string of the molecule is CC(=O)N[C@H](CC(=O)Nc1cccc(N2CCCC2=O)c1)c1ccccc1. The highest BCUT2D eigenvalue weighted by Crippen LogP contribution is 2.25. The van der Waals surface area contributed by atoms with Crippen LogP contribution in [0.1, 0.15) is 37.8 Å². The summed E-state index contributed by atoms with van der Waals surface area (Å²) in [6.45, 7) is 2.14. The summed E-state index contributed by atoms with van der Waals surface area (Å²) in [5.41, 5.74) is 2.29. The molecule has 1 aliphatic rings. The number of rotatable bonds is 6. The summed E-state index contributed by atoms with van der Waals surface area (Å²) >= 11 is 0. The molecule has 1 saturated heterocycles. The molecule has 6 nitrogen and oxygen atoms in total. The molecule has 1 fully saturated rings. The summed E-state index contributed by atoms with van der Waals surface area (Å²) in [5.74, 6) is -0.290. The number of hydrogen-bond acceptors (Lipinski definition) is 3. The molecule has 2 N–H and O–H groups in total. The third-order valence-electron chi connectivity index (χ3n) is 4.48. The number of hydrogen-bond donors (Lipinski definition) is 2. The van der Waals surface area contributed by atoms with Crippen molar-refractivity contribution < 1.29 is 14.4 Å². The van der Waals surface area contributed by atoms with Crippen LogP contribution < -0.4 is 15.5 Å². The number of amides is 3. The maximum absolute atomic E-state index is 12.5. The van der Waals surface area contributed by atoms with Gasteiger partial charge in [-0.1, -0.05) is 36.4 Å². The number of anilines is 2. The average molecular weight is 365 g/mol. The van der Waals surface area contributed by atoms with Crippen LogP contribution in [0.4, 0.5) is 11.4 Å². The molecule has 140 valence electrons. The summed E-state index contributed by atoms with van der Waals surface area (Å²) in [4.78, 5) is 37.7. The molecule has 0 saturated carbocycles. The maximum Gasteiger partial charge on any atom is 0.227 e. The molecule has 1 heterocycles. The highest BCUT2D eigenvalue weighted by atomic mass is 16.2. The molecule has 0 bridgehead atoms. The van der Waals surface area contributed by atoms with Crippen LogP contribution in [-0.2, 0) is 14.4 Å². The quantitative estimate of drug-likeness (QED) is 0.826. The van der Waals surface area contributed by atoms with Gasteiger partial charge < -0.3 is 15.5 Å². The Labute approximate surface area is 158 Å². The Morgan fingerprint density at radius 2 is 1.89 bits per heavy atom. The fourth-order valence-corrected chi connectivity index (χ4v) is 3.25. The van der Waals surface area contributed by atoms with Crippen molar-refractivity contribution in [3.63, 3.8) is 0 Å². The second-order valence-electron chi connectivity index (χ2n) is 6.62. The van der Waals surface area contributed by atoms with Gasteiger partial charge in [0.15, 0.2) is 0 Å². The molecule has 3 amide bonds. The summed E-state index contributed by atoms with van der Waals surface area (Å²) < 4.78 is 0. The lowest BCUT2D eigenvalue weighted by Gasteiger charge is -2.19. The normalized spacial score (nSPS) is 14.7. The highest BCUT2D eigenvalue weighted by Gasteiger charge is 2.22. The van der Waals surface area contributed by atoms with E-state index in [1.54, 1.807) is 17.0 Å². The van der Waals surface area contributed by atoms with Gasteiger partial charge in [0, 0.05) is 31.3 Å². The summed E-state index contributed by atoms with van der Waals surface area (Å²) in [6, 6.07) is 16.3. The van der Waals surface area contributed by atoms with Gasteiger partial charge in [0.05, 0.1) is 12.5 Å². The first kappa shape index (κ1) is 18.6. The van der Waals surface area contributed by atoms with Gasteiger partial charge in [-0.15, -0.1) is 0 Å². The Bertz CT molecular complexity index is 836. The molecule has 0 spiro atoms. The van der Waals surface area contributed by atoms with Gasteiger partial charge in [0.25, 0.3) is 0 Å². The largest absolute Gasteiger partial charge is 0.349 e. The van der Waals surface area contributed by atoms with E-state index in [1.807, 2.05) is 42.5 Å². The van der Waals surface area contributed by atoms with Crippen molar-refractivity contribution >= 4 is 29.1 Å². The zero-order valence-corrected chi connectivity index (χ0v) is 15.3. The fraction of sp³-hybridized carbons (Fsp3) is 0.286.